The number of hydrogen-bond acceptors (Lipinski definition) is 1. The third kappa shape index (κ3) is 1.49. The second-order valence-corrected chi connectivity index (χ2v) is 4.70. The van der Waals surface area contributed by atoms with Gasteiger partial charge < -0.3 is 0 Å². The number of carbonyl (C=O) groups excluding carboxylic acids is 1. The van der Waals surface area contributed by atoms with Crippen LogP contribution in [0.1, 0.15) is 32.6 Å². The Balaban J connectivity index is 2.24. The summed E-state index contributed by atoms with van der Waals surface area (Å²) in [5.74, 6) is 0.265. The van der Waals surface area contributed by atoms with Crippen LogP contribution in [0.15, 0.2) is 58.2 Å². The Hall–Kier alpha value is -1.63. The Morgan fingerprint density at radius 1 is 1.00 bits per heavy atom. The monoisotopic (exact) mass is 224 g/mol. The molecule has 0 bridgehead atoms. The summed E-state index contributed by atoms with van der Waals surface area (Å²) in [5, 5.41) is 0. The first-order valence-corrected chi connectivity index (χ1v) is 6.34. The molecule has 0 heterocycles. The minimum Gasteiger partial charge on any atom is -0.289 e. The predicted octanol–water partition coefficient (Wildman–Crippen LogP) is 3.81. The summed E-state index contributed by atoms with van der Waals surface area (Å²) in [6.45, 7) is 1.97. The van der Waals surface area contributed by atoms with Crippen LogP contribution in [0.25, 0.3) is 0 Å². The van der Waals surface area contributed by atoms with Crippen molar-refractivity contribution in [3.05, 3.63) is 58.2 Å². The molecule has 1 heteroatoms. The molecular formula is C16H16O. The molecule has 3 rings (SSSR count). The van der Waals surface area contributed by atoms with Gasteiger partial charge in [0.1, 0.15) is 0 Å². The highest BCUT2D eigenvalue weighted by Gasteiger charge is 2.30. The van der Waals surface area contributed by atoms with Crippen molar-refractivity contribution >= 4 is 5.78 Å². The Bertz CT molecular complexity index is 536. The van der Waals surface area contributed by atoms with Crippen LogP contribution >= 0.6 is 0 Å². The molecule has 0 saturated carbocycles. The van der Waals surface area contributed by atoms with E-state index in [4.69, 9.17) is 0 Å². The molecule has 0 radical (unpaired) electrons. The van der Waals surface area contributed by atoms with Crippen molar-refractivity contribution < 1.29 is 4.79 Å². The maximum atomic E-state index is 12.4. The lowest BCUT2D eigenvalue weighted by atomic mass is 9.75. The SMILES string of the molecule is C/C=C1/C(=O)C2=C(C=CCC2)C2=C1CCC=C2. The van der Waals surface area contributed by atoms with Gasteiger partial charge in [-0.25, -0.2) is 0 Å². The molecule has 0 atom stereocenters. The van der Waals surface area contributed by atoms with E-state index in [1.807, 2.05) is 13.0 Å². The molecule has 0 saturated heterocycles. The van der Waals surface area contributed by atoms with Crippen molar-refractivity contribution in [1.82, 2.24) is 0 Å². The summed E-state index contributed by atoms with van der Waals surface area (Å²) < 4.78 is 0. The number of fused-ring (bicyclic) bond motifs is 1. The highest BCUT2D eigenvalue weighted by Crippen LogP contribution is 2.40. The van der Waals surface area contributed by atoms with Crippen molar-refractivity contribution in [2.75, 3.05) is 0 Å². The number of ketones is 1. The second kappa shape index (κ2) is 3.99. The summed E-state index contributed by atoms with van der Waals surface area (Å²) in [5.41, 5.74) is 5.68. The van der Waals surface area contributed by atoms with Crippen LogP contribution in [0.3, 0.4) is 0 Å². The minimum absolute atomic E-state index is 0.265. The maximum Gasteiger partial charge on any atom is 0.189 e. The van der Waals surface area contributed by atoms with E-state index in [-0.39, 0.29) is 5.78 Å². The van der Waals surface area contributed by atoms with E-state index >= 15 is 0 Å². The van der Waals surface area contributed by atoms with Gasteiger partial charge in [-0.2, -0.15) is 0 Å². The van der Waals surface area contributed by atoms with Crippen LogP contribution in [-0.4, -0.2) is 5.78 Å². The maximum absolute atomic E-state index is 12.4. The van der Waals surface area contributed by atoms with Crippen molar-refractivity contribution in [2.45, 2.75) is 32.6 Å². The Kier molecular flexibility index (Phi) is 2.47. The quantitative estimate of drug-likeness (QED) is 0.572. The molecule has 86 valence electrons. The largest absolute Gasteiger partial charge is 0.289 e. The van der Waals surface area contributed by atoms with E-state index in [0.717, 1.165) is 36.8 Å². The summed E-state index contributed by atoms with van der Waals surface area (Å²) >= 11 is 0. The van der Waals surface area contributed by atoms with Crippen molar-refractivity contribution in [3.63, 3.8) is 0 Å². The topological polar surface area (TPSA) is 17.1 Å². The Morgan fingerprint density at radius 3 is 2.24 bits per heavy atom. The van der Waals surface area contributed by atoms with E-state index in [1.54, 1.807) is 0 Å². The van der Waals surface area contributed by atoms with Gasteiger partial charge in [0, 0.05) is 11.1 Å². The third-order valence-electron chi connectivity index (χ3n) is 3.76. The lowest BCUT2D eigenvalue weighted by molar-refractivity contribution is -0.112. The Morgan fingerprint density at radius 2 is 1.59 bits per heavy atom. The van der Waals surface area contributed by atoms with Crippen LogP contribution in [0.2, 0.25) is 0 Å². The summed E-state index contributed by atoms with van der Waals surface area (Å²) in [4.78, 5) is 12.4. The first-order valence-electron chi connectivity index (χ1n) is 6.34. The first-order chi connectivity index (χ1) is 8.33. The van der Waals surface area contributed by atoms with Gasteiger partial charge >= 0.3 is 0 Å². The smallest absolute Gasteiger partial charge is 0.189 e. The highest BCUT2D eigenvalue weighted by molar-refractivity contribution is 6.14. The van der Waals surface area contributed by atoms with Crippen LogP contribution in [0.5, 0.6) is 0 Å². The lowest BCUT2D eigenvalue weighted by Gasteiger charge is -2.28. The summed E-state index contributed by atoms with van der Waals surface area (Å²) in [6.07, 6.45) is 14.7. The molecule has 0 fully saturated rings. The van der Waals surface area contributed by atoms with Gasteiger partial charge in [0.15, 0.2) is 5.78 Å². The van der Waals surface area contributed by atoms with E-state index in [0.29, 0.717) is 0 Å². The standard InChI is InChI=1S/C16H16O/c1-2-11-12-7-3-4-8-13(12)14-9-5-6-10-15(14)16(11)17/h2,4-5,8-9H,3,6-7,10H2,1H3/b11-2+. The molecule has 0 aromatic carbocycles. The van der Waals surface area contributed by atoms with Gasteiger partial charge in [0.2, 0.25) is 0 Å². The van der Waals surface area contributed by atoms with Crippen molar-refractivity contribution in [2.24, 2.45) is 0 Å². The number of allylic oxidation sites excluding steroid dienone is 10. The van der Waals surface area contributed by atoms with Gasteiger partial charge in [0.05, 0.1) is 0 Å². The van der Waals surface area contributed by atoms with Gasteiger partial charge in [0.25, 0.3) is 0 Å². The molecule has 17 heavy (non-hydrogen) atoms. The van der Waals surface area contributed by atoms with Crippen LogP contribution in [0, 0.1) is 0 Å². The average Bonchev–Trinajstić information content (AvgIpc) is 2.40. The van der Waals surface area contributed by atoms with E-state index < -0.39 is 0 Å². The van der Waals surface area contributed by atoms with E-state index in [9.17, 15) is 4.79 Å². The molecule has 0 spiro atoms. The zero-order valence-electron chi connectivity index (χ0n) is 10.1. The fourth-order valence-corrected chi connectivity index (χ4v) is 2.95. The lowest BCUT2D eigenvalue weighted by Crippen LogP contribution is -2.20. The number of Topliss-reactive ketones (excluding diaryl/α,β-unsaturated/α-hetero) is 1. The molecule has 3 aliphatic carbocycles. The first kappa shape index (κ1) is 10.5. The van der Waals surface area contributed by atoms with E-state index in [2.05, 4.69) is 24.3 Å². The molecule has 0 aromatic heterocycles. The fourth-order valence-electron chi connectivity index (χ4n) is 2.95. The van der Waals surface area contributed by atoms with E-state index in [1.165, 1.54) is 16.7 Å². The molecule has 0 aromatic rings. The highest BCUT2D eigenvalue weighted by atomic mass is 16.1. The zero-order valence-corrected chi connectivity index (χ0v) is 10.1. The zero-order chi connectivity index (χ0) is 11.8. The summed E-state index contributed by atoms with van der Waals surface area (Å²) in [7, 11) is 0. The fraction of sp³-hybridized carbons (Fsp3) is 0.312. The molecule has 0 N–H and O–H groups in total. The molecule has 0 amide bonds. The third-order valence-corrected chi connectivity index (χ3v) is 3.76. The normalized spacial score (nSPS) is 25.5. The number of rotatable bonds is 0. The molecule has 0 unspecified atom stereocenters. The molecule has 0 aliphatic heterocycles. The van der Waals surface area contributed by atoms with Gasteiger partial charge in [-0.05, 0) is 49.3 Å². The van der Waals surface area contributed by atoms with Crippen molar-refractivity contribution in [3.8, 4) is 0 Å². The molecule has 3 aliphatic rings. The predicted molar refractivity (Wildman–Crippen MR) is 69.6 cm³/mol. The van der Waals surface area contributed by atoms with Gasteiger partial charge in [-0.3, -0.25) is 4.79 Å². The van der Waals surface area contributed by atoms with Crippen LogP contribution in [-0.2, 0) is 4.79 Å². The summed E-state index contributed by atoms with van der Waals surface area (Å²) in [6, 6.07) is 0. The molecule has 1 nitrogen and oxygen atoms in total. The minimum atomic E-state index is 0.265. The van der Waals surface area contributed by atoms with Gasteiger partial charge in [-0.15, -0.1) is 0 Å². The van der Waals surface area contributed by atoms with Gasteiger partial charge in [-0.1, -0.05) is 30.4 Å². The molecular weight excluding hydrogens is 208 g/mol. The average molecular weight is 224 g/mol. The second-order valence-electron chi connectivity index (χ2n) is 4.70. The van der Waals surface area contributed by atoms with Crippen LogP contribution in [0.4, 0.5) is 0 Å². The number of carbonyl (C=O) groups is 1. The van der Waals surface area contributed by atoms with Crippen LogP contribution < -0.4 is 0 Å². The Labute approximate surface area is 102 Å². The number of hydrogen-bond donors (Lipinski definition) is 0. The van der Waals surface area contributed by atoms with Crippen molar-refractivity contribution in [1.29, 1.82) is 0 Å².